The summed E-state index contributed by atoms with van der Waals surface area (Å²) in [5.41, 5.74) is 0.505. The summed E-state index contributed by atoms with van der Waals surface area (Å²) in [4.78, 5) is 14.3. The van der Waals surface area contributed by atoms with Crippen LogP contribution in [0, 0.1) is 2.88 Å². The first-order chi connectivity index (χ1) is 8.41. The SMILES string of the molecule is CC1(C)CN(C(=O)c2csc(I)c2)CC(CBr)O1. The van der Waals surface area contributed by atoms with Gasteiger partial charge >= 0.3 is 0 Å². The minimum atomic E-state index is -0.282. The van der Waals surface area contributed by atoms with Gasteiger partial charge in [-0.1, -0.05) is 15.9 Å². The molecule has 0 aromatic carbocycles. The first kappa shape index (κ1) is 14.7. The standard InChI is InChI=1S/C12H15BrINO2S/c1-12(2)7-15(5-9(4-13)17-12)11(16)8-3-10(14)18-6-8/h3,6,9H,4-5,7H2,1-2H3. The van der Waals surface area contributed by atoms with Gasteiger partial charge in [-0.25, -0.2) is 0 Å². The molecule has 18 heavy (non-hydrogen) atoms. The molecular weight excluding hydrogens is 429 g/mol. The van der Waals surface area contributed by atoms with Crippen molar-refractivity contribution in [3.05, 3.63) is 19.9 Å². The Balaban J connectivity index is 2.14. The summed E-state index contributed by atoms with van der Waals surface area (Å²) in [5, 5.41) is 2.68. The lowest BCUT2D eigenvalue weighted by Gasteiger charge is -2.42. The Hall–Kier alpha value is 0.340. The fourth-order valence-electron chi connectivity index (χ4n) is 2.14. The fraction of sp³-hybridized carbons (Fsp3) is 0.583. The number of carbonyl (C=O) groups excluding carboxylic acids is 1. The number of hydrogen-bond acceptors (Lipinski definition) is 3. The molecule has 2 heterocycles. The van der Waals surface area contributed by atoms with Crippen molar-refractivity contribution in [2.45, 2.75) is 25.6 Å². The van der Waals surface area contributed by atoms with Crippen LogP contribution in [-0.4, -0.2) is 40.9 Å². The molecule has 1 aromatic rings. The monoisotopic (exact) mass is 443 g/mol. The molecule has 1 aromatic heterocycles. The molecule has 0 radical (unpaired) electrons. The lowest BCUT2D eigenvalue weighted by molar-refractivity contribution is -0.116. The maximum atomic E-state index is 12.4. The van der Waals surface area contributed by atoms with Crippen LogP contribution in [0.5, 0.6) is 0 Å². The minimum Gasteiger partial charge on any atom is -0.368 e. The molecule has 1 saturated heterocycles. The van der Waals surface area contributed by atoms with Gasteiger partial charge in [0.2, 0.25) is 0 Å². The quantitative estimate of drug-likeness (QED) is 0.518. The van der Waals surface area contributed by atoms with Crippen molar-refractivity contribution >= 4 is 55.8 Å². The second-order valence-corrected chi connectivity index (χ2v) is 8.43. The number of ether oxygens (including phenoxy) is 1. The lowest BCUT2D eigenvalue weighted by atomic mass is 10.0. The van der Waals surface area contributed by atoms with E-state index in [1.54, 1.807) is 11.3 Å². The van der Waals surface area contributed by atoms with Crippen LogP contribution in [0.3, 0.4) is 0 Å². The molecule has 3 nitrogen and oxygen atoms in total. The summed E-state index contributed by atoms with van der Waals surface area (Å²) < 4.78 is 7.04. The molecular formula is C12H15BrINO2S. The molecule has 0 saturated carbocycles. The van der Waals surface area contributed by atoms with E-state index < -0.39 is 0 Å². The summed E-state index contributed by atoms with van der Waals surface area (Å²) in [7, 11) is 0. The van der Waals surface area contributed by atoms with Crippen LogP contribution in [0.4, 0.5) is 0 Å². The van der Waals surface area contributed by atoms with Crippen molar-refractivity contribution in [2.24, 2.45) is 0 Å². The van der Waals surface area contributed by atoms with Gasteiger partial charge in [-0.15, -0.1) is 11.3 Å². The third-order valence-electron chi connectivity index (χ3n) is 2.76. The topological polar surface area (TPSA) is 29.5 Å². The number of alkyl halides is 1. The second kappa shape index (κ2) is 5.76. The number of rotatable bonds is 2. The molecule has 6 heteroatoms. The van der Waals surface area contributed by atoms with Crippen molar-refractivity contribution in [1.82, 2.24) is 4.90 Å². The summed E-state index contributed by atoms with van der Waals surface area (Å²) >= 11 is 7.28. The molecule has 1 fully saturated rings. The van der Waals surface area contributed by atoms with Gasteiger partial charge in [-0.05, 0) is 42.5 Å². The number of halogens is 2. The number of thiophene rings is 1. The Morgan fingerprint density at radius 3 is 3.00 bits per heavy atom. The van der Waals surface area contributed by atoms with Crippen LogP contribution in [0.1, 0.15) is 24.2 Å². The highest BCUT2D eigenvalue weighted by atomic mass is 127. The number of hydrogen-bond donors (Lipinski definition) is 0. The number of amides is 1. The Morgan fingerprint density at radius 1 is 1.72 bits per heavy atom. The Bertz CT molecular complexity index is 449. The molecule has 1 amide bonds. The van der Waals surface area contributed by atoms with Gasteiger partial charge in [0.05, 0.1) is 20.2 Å². The first-order valence-electron chi connectivity index (χ1n) is 5.68. The fourth-order valence-corrected chi connectivity index (χ4v) is 3.79. The number of morpholine rings is 1. The largest absolute Gasteiger partial charge is 0.368 e. The Labute approximate surface area is 133 Å². The van der Waals surface area contributed by atoms with E-state index in [-0.39, 0.29) is 17.6 Å². The summed E-state index contributed by atoms with van der Waals surface area (Å²) in [6.45, 7) is 5.35. The maximum Gasteiger partial charge on any atom is 0.254 e. The van der Waals surface area contributed by atoms with E-state index in [0.717, 1.165) is 13.8 Å². The third kappa shape index (κ3) is 3.46. The van der Waals surface area contributed by atoms with Crippen molar-refractivity contribution < 1.29 is 9.53 Å². The number of nitrogens with zero attached hydrogens (tertiary/aromatic N) is 1. The summed E-state index contributed by atoms with van der Waals surface area (Å²) in [5.74, 6) is 0.108. The highest BCUT2D eigenvalue weighted by molar-refractivity contribution is 14.1. The predicted octanol–water partition coefficient (Wildman–Crippen LogP) is 3.37. The first-order valence-corrected chi connectivity index (χ1v) is 8.76. The molecule has 100 valence electrons. The molecule has 1 unspecified atom stereocenters. The Morgan fingerprint density at radius 2 is 2.44 bits per heavy atom. The molecule has 1 aliphatic heterocycles. The zero-order valence-electron chi connectivity index (χ0n) is 10.3. The van der Waals surface area contributed by atoms with Crippen LogP contribution < -0.4 is 0 Å². The molecule has 0 N–H and O–H groups in total. The zero-order valence-corrected chi connectivity index (χ0v) is 14.8. The summed E-state index contributed by atoms with van der Waals surface area (Å²) in [6.07, 6.45) is 0.0652. The zero-order chi connectivity index (χ0) is 13.3. The second-order valence-electron chi connectivity index (χ2n) is 4.98. The van der Waals surface area contributed by atoms with Crippen LogP contribution >= 0.6 is 49.9 Å². The van der Waals surface area contributed by atoms with Crippen molar-refractivity contribution in [2.75, 3.05) is 18.4 Å². The molecule has 0 bridgehead atoms. The van der Waals surface area contributed by atoms with Crippen LogP contribution in [0.2, 0.25) is 0 Å². The molecule has 1 atom stereocenters. The van der Waals surface area contributed by atoms with E-state index in [0.29, 0.717) is 13.1 Å². The Kier molecular flexibility index (Phi) is 4.72. The van der Waals surface area contributed by atoms with Gasteiger partial charge in [0.15, 0.2) is 0 Å². The van der Waals surface area contributed by atoms with Gasteiger partial charge in [-0.2, -0.15) is 0 Å². The molecule has 2 rings (SSSR count). The highest BCUT2D eigenvalue weighted by Crippen LogP contribution is 2.25. The van der Waals surface area contributed by atoms with Gasteiger partial charge in [0.1, 0.15) is 0 Å². The minimum absolute atomic E-state index is 0.0652. The van der Waals surface area contributed by atoms with Gasteiger partial charge < -0.3 is 9.64 Å². The smallest absolute Gasteiger partial charge is 0.254 e. The average Bonchev–Trinajstić information content (AvgIpc) is 2.72. The third-order valence-corrected chi connectivity index (χ3v) is 5.27. The number of carbonyl (C=O) groups is 1. The van der Waals surface area contributed by atoms with E-state index in [9.17, 15) is 4.79 Å². The van der Waals surface area contributed by atoms with Crippen LogP contribution in [0.25, 0.3) is 0 Å². The van der Waals surface area contributed by atoms with Crippen LogP contribution in [0.15, 0.2) is 11.4 Å². The van der Waals surface area contributed by atoms with Crippen molar-refractivity contribution in [3.63, 3.8) is 0 Å². The van der Waals surface area contributed by atoms with Crippen LogP contribution in [-0.2, 0) is 4.74 Å². The lowest BCUT2D eigenvalue weighted by Crippen LogP contribution is -2.55. The van der Waals surface area contributed by atoms with E-state index in [2.05, 4.69) is 38.5 Å². The summed E-state index contributed by atoms with van der Waals surface area (Å²) in [6, 6.07) is 1.94. The average molecular weight is 444 g/mol. The molecule has 0 spiro atoms. The van der Waals surface area contributed by atoms with E-state index in [4.69, 9.17) is 4.74 Å². The normalized spacial score (nSPS) is 23.1. The molecule has 0 aliphatic carbocycles. The van der Waals surface area contributed by atoms with E-state index >= 15 is 0 Å². The van der Waals surface area contributed by atoms with Crippen molar-refractivity contribution in [1.29, 1.82) is 0 Å². The maximum absolute atomic E-state index is 12.4. The predicted molar refractivity (Wildman–Crippen MR) is 85.7 cm³/mol. The van der Waals surface area contributed by atoms with Gasteiger partial charge in [-0.3, -0.25) is 4.79 Å². The molecule has 1 aliphatic rings. The van der Waals surface area contributed by atoms with Crippen molar-refractivity contribution in [3.8, 4) is 0 Å². The highest BCUT2D eigenvalue weighted by Gasteiger charge is 2.35. The van der Waals surface area contributed by atoms with E-state index in [1.807, 2.05) is 30.2 Å². The van der Waals surface area contributed by atoms with Gasteiger partial charge in [0.25, 0.3) is 5.91 Å². The van der Waals surface area contributed by atoms with E-state index in [1.165, 1.54) is 0 Å². The van der Waals surface area contributed by atoms with Gasteiger partial charge in [0, 0.05) is 23.8 Å².